The molecule has 0 radical (unpaired) electrons. The molecule has 4 heteroatoms. The van der Waals surface area contributed by atoms with Gasteiger partial charge in [-0.1, -0.05) is 6.07 Å². The van der Waals surface area contributed by atoms with Crippen molar-refractivity contribution in [3.63, 3.8) is 0 Å². The molecular formula is C11H18N2OS. The van der Waals surface area contributed by atoms with Gasteiger partial charge < -0.3 is 9.80 Å². The third-order valence-corrected chi connectivity index (χ3v) is 3.09. The standard InChI is InChI=1S/C11H18N2OS/c1-12(2)6-7-13(3)11(14)9-10-5-4-8-15-10/h4-5,8H,6-7,9H2,1-3H3. The van der Waals surface area contributed by atoms with Crippen LogP contribution in [0, 0.1) is 0 Å². The number of nitrogens with zero attached hydrogens (tertiary/aromatic N) is 2. The number of carbonyl (C=O) groups is 1. The first-order chi connectivity index (χ1) is 7.09. The smallest absolute Gasteiger partial charge is 0.227 e. The minimum atomic E-state index is 0.194. The highest BCUT2D eigenvalue weighted by Gasteiger charge is 2.09. The van der Waals surface area contributed by atoms with Gasteiger partial charge in [0.1, 0.15) is 0 Å². The molecule has 0 saturated carbocycles. The molecule has 0 N–H and O–H groups in total. The van der Waals surface area contributed by atoms with Crippen molar-refractivity contribution in [3.8, 4) is 0 Å². The van der Waals surface area contributed by atoms with E-state index in [1.54, 1.807) is 16.2 Å². The molecule has 0 bridgehead atoms. The zero-order valence-corrected chi connectivity index (χ0v) is 10.4. The van der Waals surface area contributed by atoms with Gasteiger partial charge in [-0.2, -0.15) is 0 Å². The number of amides is 1. The van der Waals surface area contributed by atoms with Crippen molar-refractivity contribution in [1.29, 1.82) is 0 Å². The first-order valence-corrected chi connectivity index (χ1v) is 5.88. The Hall–Kier alpha value is -0.870. The Morgan fingerprint density at radius 1 is 1.33 bits per heavy atom. The summed E-state index contributed by atoms with van der Waals surface area (Å²) in [5, 5.41) is 2.00. The Kier molecular flexibility index (Phi) is 4.78. The number of likely N-dealkylation sites (N-methyl/N-ethyl adjacent to an activating group) is 2. The van der Waals surface area contributed by atoms with Crippen molar-refractivity contribution in [2.75, 3.05) is 34.2 Å². The van der Waals surface area contributed by atoms with Gasteiger partial charge in [0, 0.05) is 25.0 Å². The molecule has 1 amide bonds. The van der Waals surface area contributed by atoms with Crippen molar-refractivity contribution < 1.29 is 4.79 Å². The second-order valence-electron chi connectivity index (χ2n) is 3.87. The molecule has 0 unspecified atom stereocenters. The second-order valence-corrected chi connectivity index (χ2v) is 4.91. The van der Waals surface area contributed by atoms with Gasteiger partial charge in [-0.15, -0.1) is 11.3 Å². The fourth-order valence-corrected chi connectivity index (χ4v) is 1.87. The minimum Gasteiger partial charge on any atom is -0.344 e. The van der Waals surface area contributed by atoms with E-state index in [1.165, 1.54) is 0 Å². The van der Waals surface area contributed by atoms with Crippen LogP contribution in [0.5, 0.6) is 0 Å². The minimum absolute atomic E-state index is 0.194. The summed E-state index contributed by atoms with van der Waals surface area (Å²) in [5.41, 5.74) is 0. The maximum absolute atomic E-state index is 11.7. The lowest BCUT2D eigenvalue weighted by Crippen LogP contribution is -2.34. The summed E-state index contributed by atoms with van der Waals surface area (Å²) in [6.07, 6.45) is 0.529. The molecule has 0 aromatic carbocycles. The summed E-state index contributed by atoms with van der Waals surface area (Å²) in [6.45, 7) is 1.70. The Balaban J connectivity index is 2.33. The Labute approximate surface area is 95.3 Å². The summed E-state index contributed by atoms with van der Waals surface area (Å²) in [6, 6.07) is 3.98. The Morgan fingerprint density at radius 2 is 2.07 bits per heavy atom. The van der Waals surface area contributed by atoms with E-state index in [2.05, 4.69) is 4.90 Å². The zero-order valence-electron chi connectivity index (χ0n) is 9.56. The summed E-state index contributed by atoms with van der Waals surface area (Å²) in [5.74, 6) is 0.194. The van der Waals surface area contributed by atoms with E-state index in [-0.39, 0.29) is 5.91 Å². The summed E-state index contributed by atoms with van der Waals surface area (Å²) in [4.78, 5) is 16.7. The van der Waals surface area contributed by atoms with E-state index in [4.69, 9.17) is 0 Å². The van der Waals surface area contributed by atoms with Crippen LogP contribution in [0.25, 0.3) is 0 Å². The third-order valence-electron chi connectivity index (χ3n) is 2.21. The summed E-state index contributed by atoms with van der Waals surface area (Å²) in [7, 11) is 5.88. The van der Waals surface area contributed by atoms with Gasteiger partial charge in [-0.05, 0) is 25.5 Å². The predicted octanol–water partition coefficient (Wildman–Crippen LogP) is 1.31. The average molecular weight is 226 g/mol. The van der Waals surface area contributed by atoms with Gasteiger partial charge in [0.25, 0.3) is 0 Å². The molecule has 0 aliphatic carbocycles. The van der Waals surface area contributed by atoms with Gasteiger partial charge in [-0.25, -0.2) is 0 Å². The van der Waals surface area contributed by atoms with E-state index in [0.717, 1.165) is 18.0 Å². The van der Waals surface area contributed by atoms with Gasteiger partial charge in [-0.3, -0.25) is 4.79 Å². The summed E-state index contributed by atoms with van der Waals surface area (Å²) < 4.78 is 0. The van der Waals surface area contributed by atoms with Crippen LogP contribution < -0.4 is 0 Å². The van der Waals surface area contributed by atoms with E-state index in [1.807, 2.05) is 38.7 Å². The maximum Gasteiger partial charge on any atom is 0.227 e. The molecule has 0 aliphatic heterocycles. The lowest BCUT2D eigenvalue weighted by atomic mass is 10.3. The first kappa shape index (κ1) is 12.2. The largest absolute Gasteiger partial charge is 0.344 e. The van der Waals surface area contributed by atoms with Crippen molar-refractivity contribution in [2.24, 2.45) is 0 Å². The molecule has 1 rings (SSSR count). The van der Waals surface area contributed by atoms with E-state index >= 15 is 0 Å². The summed E-state index contributed by atoms with van der Waals surface area (Å²) >= 11 is 1.64. The molecule has 84 valence electrons. The van der Waals surface area contributed by atoms with E-state index < -0.39 is 0 Å². The lowest BCUT2D eigenvalue weighted by molar-refractivity contribution is -0.129. The number of rotatable bonds is 5. The second kappa shape index (κ2) is 5.88. The zero-order chi connectivity index (χ0) is 11.3. The maximum atomic E-state index is 11.7. The van der Waals surface area contributed by atoms with Gasteiger partial charge in [0.05, 0.1) is 6.42 Å². The lowest BCUT2D eigenvalue weighted by Gasteiger charge is -2.19. The number of carbonyl (C=O) groups excluding carboxylic acids is 1. The van der Waals surface area contributed by atoms with Crippen LogP contribution in [0.4, 0.5) is 0 Å². The molecule has 0 aliphatic rings. The van der Waals surface area contributed by atoms with Crippen LogP contribution in [-0.4, -0.2) is 49.9 Å². The molecule has 3 nitrogen and oxygen atoms in total. The van der Waals surface area contributed by atoms with E-state index in [0.29, 0.717) is 6.42 Å². The fourth-order valence-electron chi connectivity index (χ4n) is 1.17. The first-order valence-electron chi connectivity index (χ1n) is 5.00. The van der Waals surface area contributed by atoms with Crippen LogP contribution in [0.1, 0.15) is 4.88 Å². The molecule has 1 heterocycles. The molecule has 0 fully saturated rings. The highest BCUT2D eigenvalue weighted by atomic mass is 32.1. The van der Waals surface area contributed by atoms with E-state index in [9.17, 15) is 4.79 Å². The van der Waals surface area contributed by atoms with Gasteiger partial charge in [0.15, 0.2) is 0 Å². The SMILES string of the molecule is CN(C)CCN(C)C(=O)Cc1cccs1. The average Bonchev–Trinajstić information content (AvgIpc) is 2.66. The Morgan fingerprint density at radius 3 is 2.60 bits per heavy atom. The quantitative estimate of drug-likeness (QED) is 0.756. The number of thiophene rings is 1. The molecule has 0 atom stereocenters. The molecule has 0 spiro atoms. The number of hydrogen-bond donors (Lipinski definition) is 0. The highest BCUT2D eigenvalue weighted by molar-refractivity contribution is 7.10. The molecule has 15 heavy (non-hydrogen) atoms. The van der Waals surface area contributed by atoms with Crippen LogP contribution in [0.15, 0.2) is 17.5 Å². The monoisotopic (exact) mass is 226 g/mol. The molecule has 0 saturated heterocycles. The fraction of sp³-hybridized carbons (Fsp3) is 0.545. The van der Waals surface area contributed by atoms with Crippen LogP contribution in [0.3, 0.4) is 0 Å². The normalized spacial score (nSPS) is 10.7. The Bertz CT molecular complexity index is 296. The van der Waals surface area contributed by atoms with Gasteiger partial charge >= 0.3 is 0 Å². The molecule has 1 aromatic heterocycles. The van der Waals surface area contributed by atoms with Crippen LogP contribution in [0.2, 0.25) is 0 Å². The highest BCUT2D eigenvalue weighted by Crippen LogP contribution is 2.09. The van der Waals surface area contributed by atoms with Crippen molar-refractivity contribution >= 4 is 17.2 Å². The van der Waals surface area contributed by atoms with Crippen molar-refractivity contribution in [2.45, 2.75) is 6.42 Å². The molecule has 1 aromatic rings. The van der Waals surface area contributed by atoms with Crippen molar-refractivity contribution in [3.05, 3.63) is 22.4 Å². The number of hydrogen-bond acceptors (Lipinski definition) is 3. The molecular weight excluding hydrogens is 208 g/mol. The third kappa shape index (κ3) is 4.44. The van der Waals surface area contributed by atoms with Crippen LogP contribution in [-0.2, 0) is 11.2 Å². The topological polar surface area (TPSA) is 23.6 Å². The van der Waals surface area contributed by atoms with Crippen LogP contribution >= 0.6 is 11.3 Å². The van der Waals surface area contributed by atoms with Crippen molar-refractivity contribution in [1.82, 2.24) is 9.80 Å². The van der Waals surface area contributed by atoms with Gasteiger partial charge in [0.2, 0.25) is 5.91 Å². The predicted molar refractivity (Wildman–Crippen MR) is 64.2 cm³/mol.